The van der Waals surface area contributed by atoms with Crippen molar-refractivity contribution in [2.45, 2.75) is 56.3 Å². The molecule has 114 valence electrons. The quantitative estimate of drug-likeness (QED) is 0.750. The summed E-state index contributed by atoms with van der Waals surface area (Å²) in [6.45, 7) is 6.85. The maximum atomic E-state index is 12.7. The molecule has 2 fully saturated rings. The van der Waals surface area contributed by atoms with E-state index in [1.54, 1.807) is 11.8 Å². The van der Waals surface area contributed by atoms with Crippen LogP contribution in [0.2, 0.25) is 0 Å². The van der Waals surface area contributed by atoms with Gasteiger partial charge in [-0.15, -0.1) is 11.8 Å². The lowest BCUT2D eigenvalue weighted by Gasteiger charge is -2.49. The van der Waals surface area contributed by atoms with Gasteiger partial charge in [0.25, 0.3) is 0 Å². The Labute approximate surface area is 131 Å². The number of fused-ring (bicyclic) bond motifs is 1. The number of carbonyl (C=O) groups is 1. The van der Waals surface area contributed by atoms with Crippen LogP contribution in [0.3, 0.4) is 0 Å². The maximum Gasteiger partial charge on any atom is 0.201 e. The monoisotopic (exact) mass is 304 g/mol. The van der Waals surface area contributed by atoms with E-state index in [0.29, 0.717) is 11.8 Å². The molecule has 21 heavy (non-hydrogen) atoms. The fourth-order valence-corrected chi connectivity index (χ4v) is 5.12. The Morgan fingerprint density at radius 2 is 1.95 bits per heavy atom. The summed E-state index contributed by atoms with van der Waals surface area (Å²) in [6.07, 6.45) is 3.83. The second kappa shape index (κ2) is 5.77. The van der Waals surface area contributed by atoms with Gasteiger partial charge in [-0.05, 0) is 24.7 Å². The number of benzene rings is 1. The van der Waals surface area contributed by atoms with Crippen molar-refractivity contribution >= 4 is 17.5 Å². The van der Waals surface area contributed by atoms with Crippen molar-refractivity contribution in [2.24, 2.45) is 11.8 Å². The Morgan fingerprint density at radius 1 is 1.24 bits per heavy atom. The average molecular weight is 304 g/mol. The van der Waals surface area contributed by atoms with Crippen molar-refractivity contribution in [2.75, 3.05) is 0 Å². The minimum Gasteiger partial charge on any atom is -0.356 e. The van der Waals surface area contributed by atoms with E-state index in [0.717, 1.165) is 12.0 Å². The third-order valence-corrected chi connectivity index (χ3v) is 6.38. The topological polar surface area (TPSA) is 26.3 Å². The van der Waals surface area contributed by atoms with Gasteiger partial charge in [0.15, 0.2) is 5.44 Å². The first kappa shape index (κ1) is 15.1. The van der Waals surface area contributed by atoms with Crippen LogP contribution in [0.15, 0.2) is 30.3 Å². The van der Waals surface area contributed by atoms with Crippen molar-refractivity contribution in [3.8, 4) is 0 Å². The molecular formula is C18H24O2S. The fraction of sp³-hybridized carbons (Fsp3) is 0.611. The summed E-state index contributed by atoms with van der Waals surface area (Å²) < 4.78 is 6.34. The molecule has 1 saturated heterocycles. The molecule has 0 amide bonds. The number of rotatable bonds is 2. The molecule has 0 unspecified atom stereocenters. The predicted molar refractivity (Wildman–Crippen MR) is 87.6 cm³/mol. The summed E-state index contributed by atoms with van der Waals surface area (Å²) in [4.78, 5) is 12.7. The van der Waals surface area contributed by atoms with E-state index in [1.807, 2.05) is 30.3 Å². The van der Waals surface area contributed by atoms with Crippen LogP contribution in [-0.2, 0) is 4.74 Å². The second-order valence-electron chi connectivity index (χ2n) is 6.98. The molecule has 0 N–H and O–H groups in total. The number of ether oxygens (including phenoxy) is 1. The van der Waals surface area contributed by atoms with Gasteiger partial charge in [-0.1, -0.05) is 57.5 Å². The fourth-order valence-electron chi connectivity index (χ4n) is 3.68. The van der Waals surface area contributed by atoms with Crippen molar-refractivity contribution in [3.05, 3.63) is 35.9 Å². The van der Waals surface area contributed by atoms with Crippen molar-refractivity contribution in [1.29, 1.82) is 0 Å². The predicted octanol–water partition coefficient (Wildman–Crippen LogP) is 4.54. The first-order valence-corrected chi connectivity index (χ1v) is 8.78. The molecule has 1 saturated carbocycles. The van der Waals surface area contributed by atoms with Crippen LogP contribution in [0.1, 0.15) is 50.4 Å². The molecule has 3 heteroatoms. The van der Waals surface area contributed by atoms with Gasteiger partial charge in [0.05, 0.1) is 6.10 Å². The van der Waals surface area contributed by atoms with Crippen LogP contribution in [0, 0.1) is 11.8 Å². The molecule has 0 spiro atoms. The summed E-state index contributed by atoms with van der Waals surface area (Å²) in [5.41, 5.74) is 0.405. The van der Waals surface area contributed by atoms with Gasteiger partial charge in [0.1, 0.15) is 0 Å². The van der Waals surface area contributed by atoms with Gasteiger partial charge in [-0.2, -0.15) is 0 Å². The maximum absolute atomic E-state index is 12.7. The van der Waals surface area contributed by atoms with Gasteiger partial charge in [0.2, 0.25) is 5.78 Å². The smallest absolute Gasteiger partial charge is 0.201 e. The van der Waals surface area contributed by atoms with Gasteiger partial charge >= 0.3 is 0 Å². The molecule has 0 radical (unpaired) electrons. The minimum atomic E-state index is -0.353. The van der Waals surface area contributed by atoms with Gasteiger partial charge in [-0.25, -0.2) is 0 Å². The van der Waals surface area contributed by atoms with Crippen molar-refractivity contribution < 1.29 is 9.53 Å². The molecule has 1 aromatic carbocycles. The van der Waals surface area contributed by atoms with E-state index in [9.17, 15) is 4.79 Å². The number of ketones is 1. The Balaban J connectivity index is 1.80. The highest BCUT2D eigenvalue weighted by Gasteiger charge is 2.48. The van der Waals surface area contributed by atoms with Crippen molar-refractivity contribution in [1.82, 2.24) is 0 Å². The molecule has 1 aliphatic carbocycles. The lowest BCUT2D eigenvalue weighted by molar-refractivity contribution is -0.0486. The van der Waals surface area contributed by atoms with Gasteiger partial charge in [0, 0.05) is 10.3 Å². The number of hydrogen-bond acceptors (Lipinski definition) is 3. The van der Waals surface area contributed by atoms with E-state index in [4.69, 9.17) is 4.74 Å². The average Bonchev–Trinajstić information content (AvgIpc) is 2.46. The van der Waals surface area contributed by atoms with Crippen LogP contribution in [0.5, 0.6) is 0 Å². The highest BCUT2D eigenvalue weighted by molar-refractivity contribution is 8.01. The third-order valence-electron chi connectivity index (χ3n) is 4.93. The normalized spacial score (nSPS) is 35.0. The zero-order chi connectivity index (χ0) is 15.0. The first-order valence-electron chi connectivity index (χ1n) is 7.90. The Bertz CT molecular complexity index is 511. The van der Waals surface area contributed by atoms with Crippen LogP contribution in [0.4, 0.5) is 0 Å². The van der Waals surface area contributed by atoms with E-state index >= 15 is 0 Å². The van der Waals surface area contributed by atoms with Gasteiger partial charge in [-0.3, -0.25) is 4.79 Å². The summed E-state index contributed by atoms with van der Waals surface area (Å²) in [5.74, 6) is 1.39. The number of carbonyl (C=O) groups excluding carboxylic acids is 1. The molecule has 3 rings (SSSR count). The standard InChI is InChI=1S/C18H24O2S/c1-12-9-10-14-15(11-12)20-17(21-18(14,2)3)16(19)13-7-5-4-6-8-13/h4-8,12,14-15,17H,9-11H2,1-3H3/t12-,14-,15-,17-/m1/s1. The lowest BCUT2D eigenvalue weighted by atomic mass is 9.75. The number of thioether (sulfide) groups is 1. The molecule has 1 aliphatic heterocycles. The second-order valence-corrected chi connectivity index (χ2v) is 8.70. The molecule has 4 atom stereocenters. The van der Waals surface area contributed by atoms with E-state index in [1.165, 1.54) is 12.8 Å². The molecule has 0 aromatic heterocycles. The van der Waals surface area contributed by atoms with Crippen LogP contribution >= 0.6 is 11.8 Å². The van der Waals surface area contributed by atoms with E-state index < -0.39 is 0 Å². The largest absolute Gasteiger partial charge is 0.356 e. The number of hydrogen-bond donors (Lipinski definition) is 0. The Kier molecular flexibility index (Phi) is 4.15. The SMILES string of the molecule is C[C@@H]1CC[C@@H]2[C@@H](C1)O[C@@H](C(=O)c1ccccc1)SC2(C)C. The first-order chi connectivity index (χ1) is 9.97. The molecule has 1 heterocycles. The van der Waals surface area contributed by atoms with Crippen LogP contribution in [0.25, 0.3) is 0 Å². The highest BCUT2D eigenvalue weighted by Crippen LogP contribution is 2.50. The summed E-state index contributed by atoms with van der Waals surface area (Å²) in [7, 11) is 0. The van der Waals surface area contributed by atoms with E-state index in [2.05, 4.69) is 20.8 Å². The number of Topliss-reactive ketones (excluding diaryl/α,β-unsaturated/α-hetero) is 1. The summed E-state index contributed by atoms with van der Waals surface area (Å²) >= 11 is 1.71. The molecule has 2 nitrogen and oxygen atoms in total. The molecule has 1 aromatic rings. The van der Waals surface area contributed by atoms with E-state index in [-0.39, 0.29) is 22.1 Å². The zero-order valence-corrected chi connectivity index (χ0v) is 13.9. The Morgan fingerprint density at radius 3 is 2.67 bits per heavy atom. The third kappa shape index (κ3) is 3.04. The van der Waals surface area contributed by atoms with Crippen LogP contribution < -0.4 is 0 Å². The van der Waals surface area contributed by atoms with Gasteiger partial charge < -0.3 is 4.74 Å². The summed E-state index contributed by atoms with van der Waals surface area (Å²) in [6, 6.07) is 9.53. The highest BCUT2D eigenvalue weighted by atomic mass is 32.2. The minimum absolute atomic E-state index is 0.109. The Hall–Kier alpha value is -0.800. The van der Waals surface area contributed by atoms with Crippen LogP contribution in [-0.4, -0.2) is 22.1 Å². The molecule has 2 aliphatic rings. The van der Waals surface area contributed by atoms with Crippen molar-refractivity contribution in [3.63, 3.8) is 0 Å². The molecule has 0 bridgehead atoms. The summed E-state index contributed by atoms with van der Waals surface area (Å²) in [5, 5.41) is 0. The lowest BCUT2D eigenvalue weighted by Crippen LogP contribution is -2.50. The molecular weight excluding hydrogens is 280 g/mol. The zero-order valence-electron chi connectivity index (χ0n) is 13.0.